The third-order valence-electron chi connectivity index (χ3n) is 6.91. The average molecular weight is 505 g/mol. The first-order chi connectivity index (χ1) is 17.4. The number of hydrogen-bond acceptors (Lipinski definition) is 5. The van der Waals surface area contributed by atoms with Crippen LogP contribution in [0.15, 0.2) is 83.8 Å². The number of carbonyl (C=O) groups excluding carboxylic acids is 2. The lowest BCUT2D eigenvalue weighted by Crippen LogP contribution is -2.41. The first-order valence-electron chi connectivity index (χ1n) is 12.1. The van der Waals surface area contributed by atoms with Crippen molar-refractivity contribution < 1.29 is 22.7 Å². The lowest BCUT2D eigenvalue weighted by atomic mass is 9.92. The number of rotatable bonds is 6. The van der Waals surface area contributed by atoms with E-state index in [-0.39, 0.29) is 29.8 Å². The van der Waals surface area contributed by atoms with Gasteiger partial charge in [-0.05, 0) is 54.7 Å². The van der Waals surface area contributed by atoms with Crippen molar-refractivity contribution in [3.8, 4) is 0 Å². The average Bonchev–Trinajstić information content (AvgIpc) is 3.23. The predicted octanol–water partition coefficient (Wildman–Crippen LogP) is 3.89. The highest BCUT2D eigenvalue weighted by Crippen LogP contribution is 2.37. The Labute approximate surface area is 211 Å². The van der Waals surface area contributed by atoms with Crippen molar-refractivity contribution in [3.05, 3.63) is 95.6 Å². The maximum absolute atomic E-state index is 13.5. The summed E-state index contributed by atoms with van der Waals surface area (Å²) in [4.78, 5) is 27.8. The van der Waals surface area contributed by atoms with Crippen molar-refractivity contribution in [1.82, 2.24) is 4.31 Å². The van der Waals surface area contributed by atoms with Crippen molar-refractivity contribution >= 4 is 27.6 Å². The highest BCUT2D eigenvalue weighted by Gasteiger charge is 2.38. The molecule has 0 fully saturated rings. The van der Waals surface area contributed by atoms with Crippen LogP contribution in [0.25, 0.3) is 0 Å². The Morgan fingerprint density at radius 2 is 1.58 bits per heavy atom. The molecule has 2 atom stereocenters. The van der Waals surface area contributed by atoms with E-state index in [4.69, 9.17) is 4.74 Å². The van der Waals surface area contributed by atoms with Gasteiger partial charge in [-0.25, -0.2) is 8.42 Å². The third kappa shape index (κ3) is 4.54. The maximum atomic E-state index is 13.5. The van der Waals surface area contributed by atoms with Crippen molar-refractivity contribution in [2.24, 2.45) is 0 Å². The fraction of sp³-hybridized carbons (Fsp3) is 0.286. The number of sulfonamides is 1. The quantitative estimate of drug-likeness (QED) is 0.476. The minimum Gasteiger partial charge on any atom is -0.455 e. The van der Waals surface area contributed by atoms with Gasteiger partial charge in [-0.1, -0.05) is 60.7 Å². The number of hydrogen-bond donors (Lipinski definition) is 0. The Morgan fingerprint density at radius 3 is 2.36 bits per heavy atom. The lowest BCUT2D eigenvalue weighted by molar-refractivity contribution is -0.148. The molecule has 7 nitrogen and oxygen atoms in total. The summed E-state index contributed by atoms with van der Waals surface area (Å²) in [6.45, 7) is 1.83. The van der Waals surface area contributed by atoms with E-state index < -0.39 is 28.6 Å². The van der Waals surface area contributed by atoms with Crippen LogP contribution in [0.2, 0.25) is 0 Å². The third-order valence-corrected chi connectivity index (χ3v) is 8.83. The number of esters is 1. The Bertz CT molecular complexity index is 1390. The van der Waals surface area contributed by atoms with Crippen molar-refractivity contribution in [3.63, 3.8) is 0 Å². The monoisotopic (exact) mass is 504 g/mol. The summed E-state index contributed by atoms with van der Waals surface area (Å²) in [5, 5.41) is 0. The topological polar surface area (TPSA) is 84.0 Å². The fourth-order valence-electron chi connectivity index (χ4n) is 5.23. The standard InChI is InChI=1S/C28H28N2O5S/c1-20-17-22-10-6-8-14-25(22)30(20)27(31)19-35-28(32)18-26-24-13-7-5-9-21(24)15-16-29(26)36(33,34)23-11-3-2-4-12-23/h2-14,20,26H,15-19H2,1H3/t20-,26+/m1/s1. The van der Waals surface area contributed by atoms with E-state index in [0.717, 1.165) is 28.8 Å². The van der Waals surface area contributed by atoms with Crippen molar-refractivity contribution in [2.45, 2.75) is 43.2 Å². The molecule has 186 valence electrons. The highest BCUT2D eigenvalue weighted by atomic mass is 32.2. The molecule has 3 aromatic carbocycles. The molecule has 0 saturated carbocycles. The van der Waals surface area contributed by atoms with Crippen LogP contribution in [-0.4, -0.2) is 43.8 Å². The number of amides is 1. The molecule has 0 spiro atoms. The Kier molecular flexibility index (Phi) is 6.64. The molecule has 0 unspecified atom stereocenters. The molecular formula is C28H28N2O5S. The van der Waals surface area contributed by atoms with Gasteiger partial charge in [0.15, 0.2) is 6.61 Å². The summed E-state index contributed by atoms with van der Waals surface area (Å²) in [6, 6.07) is 22.7. The van der Waals surface area contributed by atoms with Crippen molar-refractivity contribution in [1.29, 1.82) is 0 Å². The molecule has 2 heterocycles. The molecule has 1 amide bonds. The molecule has 0 aliphatic carbocycles. The van der Waals surface area contributed by atoms with Gasteiger partial charge in [0.05, 0.1) is 17.4 Å². The summed E-state index contributed by atoms with van der Waals surface area (Å²) >= 11 is 0. The molecule has 2 aliphatic rings. The van der Waals surface area contributed by atoms with Gasteiger partial charge < -0.3 is 9.64 Å². The zero-order chi connectivity index (χ0) is 25.3. The van der Waals surface area contributed by atoms with Crippen LogP contribution in [0.4, 0.5) is 5.69 Å². The summed E-state index contributed by atoms with van der Waals surface area (Å²) in [5.74, 6) is -0.906. The molecule has 5 rings (SSSR count). The molecule has 0 saturated heterocycles. The Hall–Kier alpha value is -3.49. The second-order valence-corrected chi connectivity index (χ2v) is 11.1. The van der Waals surface area contributed by atoms with E-state index in [9.17, 15) is 18.0 Å². The number of fused-ring (bicyclic) bond motifs is 2. The lowest BCUT2D eigenvalue weighted by Gasteiger charge is -2.36. The van der Waals surface area contributed by atoms with Gasteiger partial charge in [-0.2, -0.15) is 4.31 Å². The predicted molar refractivity (Wildman–Crippen MR) is 136 cm³/mol. The first-order valence-corrected chi connectivity index (χ1v) is 13.5. The fourth-order valence-corrected chi connectivity index (χ4v) is 6.86. The normalized spacial score (nSPS) is 19.4. The molecule has 0 N–H and O–H groups in total. The van der Waals surface area contributed by atoms with Crippen LogP contribution in [-0.2, 0) is 37.2 Å². The molecule has 2 aliphatic heterocycles. The molecular weight excluding hydrogens is 476 g/mol. The largest absolute Gasteiger partial charge is 0.455 e. The van der Waals surface area contributed by atoms with Crippen LogP contribution < -0.4 is 4.90 Å². The van der Waals surface area contributed by atoms with E-state index in [0.29, 0.717) is 6.42 Å². The van der Waals surface area contributed by atoms with Crippen LogP contribution >= 0.6 is 0 Å². The van der Waals surface area contributed by atoms with Gasteiger partial charge in [0, 0.05) is 18.3 Å². The molecule has 0 aromatic heterocycles. The van der Waals surface area contributed by atoms with Gasteiger partial charge in [0.1, 0.15) is 0 Å². The molecule has 36 heavy (non-hydrogen) atoms. The summed E-state index contributed by atoms with van der Waals surface area (Å²) in [6.07, 6.45) is 1.13. The van der Waals surface area contributed by atoms with E-state index in [1.807, 2.05) is 55.5 Å². The van der Waals surface area contributed by atoms with E-state index in [2.05, 4.69) is 0 Å². The van der Waals surface area contributed by atoms with E-state index in [1.165, 1.54) is 4.31 Å². The second kappa shape index (κ2) is 9.87. The van der Waals surface area contributed by atoms with Gasteiger partial charge in [-0.15, -0.1) is 0 Å². The Balaban J connectivity index is 1.33. The number of benzene rings is 3. The number of para-hydroxylation sites is 1. The van der Waals surface area contributed by atoms with Crippen LogP contribution in [0.5, 0.6) is 0 Å². The highest BCUT2D eigenvalue weighted by molar-refractivity contribution is 7.89. The summed E-state index contributed by atoms with van der Waals surface area (Å²) in [5.41, 5.74) is 3.72. The number of carbonyl (C=O) groups is 2. The van der Waals surface area contributed by atoms with Crippen LogP contribution in [0.3, 0.4) is 0 Å². The van der Waals surface area contributed by atoms with E-state index in [1.54, 1.807) is 35.2 Å². The smallest absolute Gasteiger partial charge is 0.308 e. The molecule has 0 radical (unpaired) electrons. The first kappa shape index (κ1) is 24.2. The number of ether oxygens (including phenoxy) is 1. The molecule has 3 aromatic rings. The minimum atomic E-state index is -3.83. The molecule has 0 bridgehead atoms. The maximum Gasteiger partial charge on any atom is 0.308 e. The second-order valence-electron chi connectivity index (χ2n) is 9.20. The minimum absolute atomic E-state index is 0.0228. The number of anilines is 1. The molecule has 8 heteroatoms. The van der Waals surface area contributed by atoms with Gasteiger partial charge in [0.25, 0.3) is 5.91 Å². The summed E-state index contributed by atoms with van der Waals surface area (Å²) < 4.78 is 33.8. The van der Waals surface area contributed by atoms with Gasteiger partial charge in [0.2, 0.25) is 10.0 Å². The Morgan fingerprint density at radius 1 is 0.917 bits per heavy atom. The van der Waals surface area contributed by atoms with Crippen LogP contribution in [0.1, 0.15) is 36.1 Å². The van der Waals surface area contributed by atoms with Gasteiger partial charge in [-0.3, -0.25) is 9.59 Å². The number of nitrogens with zero attached hydrogens (tertiary/aromatic N) is 2. The SMILES string of the molecule is C[C@@H]1Cc2ccccc2N1C(=O)COC(=O)C[C@H]1c2ccccc2CCN1S(=O)(=O)c1ccccc1. The zero-order valence-electron chi connectivity index (χ0n) is 20.0. The van der Waals surface area contributed by atoms with Gasteiger partial charge >= 0.3 is 5.97 Å². The van der Waals surface area contributed by atoms with Crippen LogP contribution in [0, 0.1) is 0 Å². The van der Waals surface area contributed by atoms with E-state index >= 15 is 0 Å². The van der Waals surface area contributed by atoms with Crippen molar-refractivity contribution in [2.75, 3.05) is 18.1 Å². The summed E-state index contributed by atoms with van der Waals surface area (Å²) in [7, 11) is -3.83. The zero-order valence-corrected chi connectivity index (χ0v) is 20.9.